The molecule has 1 nitrogen and oxygen atoms in total. The summed E-state index contributed by atoms with van der Waals surface area (Å²) in [6.45, 7) is 2.23. The van der Waals surface area contributed by atoms with Gasteiger partial charge in [0.25, 0.3) is 0 Å². The fraction of sp³-hybridized carbons (Fsp3) is 0.600. The van der Waals surface area contributed by atoms with Crippen LogP contribution in [0.25, 0.3) is 0 Å². The lowest BCUT2D eigenvalue weighted by atomic mass is 10.1. The lowest BCUT2D eigenvalue weighted by Crippen LogP contribution is -2.28. The van der Waals surface area contributed by atoms with E-state index in [1.54, 1.807) is 0 Å². The average Bonchev–Trinajstić information content (AvgIpc) is 2.63. The van der Waals surface area contributed by atoms with Crippen molar-refractivity contribution in [2.75, 3.05) is 4.93 Å². The monoisotopic (exact) mass is 309 g/mol. The van der Waals surface area contributed by atoms with Crippen molar-refractivity contribution in [3.05, 3.63) is 23.1 Å². The number of halogens is 1. The van der Waals surface area contributed by atoms with Crippen molar-refractivity contribution >= 4 is 34.4 Å². The molecule has 0 aromatic carbocycles. The van der Waals surface area contributed by atoms with Crippen LogP contribution in [0.3, 0.4) is 0 Å². The highest BCUT2D eigenvalue weighted by atomic mass is 127. The molecule has 0 spiro atoms. The Balaban J connectivity index is 0.000000396. The van der Waals surface area contributed by atoms with Crippen LogP contribution in [0.4, 0.5) is 0 Å². The minimum absolute atomic E-state index is 0.634. The van der Waals surface area contributed by atoms with Gasteiger partial charge >= 0.3 is 0 Å². The Labute approximate surface area is 98.6 Å². The molecule has 0 aromatic heterocycles. The molecule has 2 aliphatic rings. The molecule has 3 heteroatoms. The van der Waals surface area contributed by atoms with E-state index in [4.69, 9.17) is 0 Å². The van der Waals surface area contributed by atoms with Crippen LogP contribution in [0.15, 0.2) is 23.1 Å². The van der Waals surface area contributed by atoms with E-state index in [1.165, 1.54) is 17.7 Å². The molecule has 2 rings (SSSR count). The van der Waals surface area contributed by atoms with Crippen LogP contribution < -0.4 is 5.32 Å². The fourth-order valence-corrected chi connectivity index (χ4v) is 2.72. The number of hydrogen-bond acceptors (Lipinski definition) is 2. The highest BCUT2D eigenvalue weighted by Gasteiger charge is 2.27. The van der Waals surface area contributed by atoms with Gasteiger partial charge in [-0.2, -0.15) is 0 Å². The first-order chi connectivity index (χ1) is 6.40. The van der Waals surface area contributed by atoms with E-state index in [-0.39, 0.29) is 0 Å². The summed E-state index contributed by atoms with van der Waals surface area (Å²) in [4.78, 5) is 3.50. The molecule has 1 N–H and O–H groups in total. The molecule has 13 heavy (non-hydrogen) atoms. The third kappa shape index (κ3) is 2.99. The minimum atomic E-state index is 0.634. The van der Waals surface area contributed by atoms with Crippen molar-refractivity contribution in [1.29, 1.82) is 0 Å². The van der Waals surface area contributed by atoms with E-state index in [2.05, 4.69) is 53.1 Å². The molecular weight excluding hydrogens is 293 g/mol. The second kappa shape index (κ2) is 6.09. The van der Waals surface area contributed by atoms with E-state index >= 15 is 0 Å². The summed E-state index contributed by atoms with van der Waals surface area (Å²) >= 11 is 4.14. The van der Waals surface area contributed by atoms with Crippen LogP contribution in [-0.2, 0) is 0 Å². The summed E-state index contributed by atoms with van der Waals surface area (Å²) in [5.41, 5.74) is 0. The van der Waals surface area contributed by atoms with Gasteiger partial charge in [-0.15, -0.1) is 11.8 Å². The van der Waals surface area contributed by atoms with Gasteiger partial charge in [0, 0.05) is 10.9 Å². The summed E-state index contributed by atoms with van der Waals surface area (Å²) in [5, 5.41) is 4.24. The van der Waals surface area contributed by atoms with Crippen LogP contribution in [0.1, 0.15) is 19.8 Å². The summed E-state index contributed by atoms with van der Waals surface area (Å²) in [6.07, 6.45) is 9.04. The molecule has 0 radical (unpaired) electrons. The maximum Gasteiger partial charge on any atom is 0.0579 e. The van der Waals surface area contributed by atoms with E-state index in [0.29, 0.717) is 11.4 Å². The smallest absolute Gasteiger partial charge is 0.0579 e. The lowest BCUT2D eigenvalue weighted by Gasteiger charge is -2.11. The number of fused-ring (bicyclic) bond motifs is 1. The van der Waals surface area contributed by atoms with E-state index in [9.17, 15) is 0 Å². The largest absolute Gasteiger partial charge is 0.297 e. The first-order valence-corrected chi connectivity index (χ1v) is 7.61. The number of thioether (sulfide) groups is 1. The van der Waals surface area contributed by atoms with Gasteiger partial charge in [-0.3, -0.25) is 5.32 Å². The summed E-state index contributed by atoms with van der Waals surface area (Å²) in [7, 11) is 0. The van der Waals surface area contributed by atoms with E-state index < -0.39 is 0 Å². The summed E-state index contributed by atoms with van der Waals surface area (Å²) < 4.78 is 0. The first-order valence-electron chi connectivity index (χ1n) is 4.57. The maximum absolute atomic E-state index is 3.59. The van der Waals surface area contributed by atoms with Crippen LogP contribution >= 0.6 is 34.4 Å². The van der Waals surface area contributed by atoms with Crippen molar-refractivity contribution in [2.24, 2.45) is 0 Å². The molecule has 0 bridgehead atoms. The molecule has 1 fully saturated rings. The van der Waals surface area contributed by atoms with E-state index in [1.807, 2.05) is 16.7 Å². The summed E-state index contributed by atoms with van der Waals surface area (Å²) in [6, 6.07) is 0.634. The van der Waals surface area contributed by atoms with Crippen molar-refractivity contribution in [2.45, 2.75) is 31.2 Å². The molecule has 0 amide bonds. The van der Waals surface area contributed by atoms with Gasteiger partial charge in [0.1, 0.15) is 0 Å². The van der Waals surface area contributed by atoms with Gasteiger partial charge in [-0.1, -0.05) is 47.7 Å². The number of rotatable bonds is 1. The minimum Gasteiger partial charge on any atom is -0.297 e. The first kappa shape index (κ1) is 11.6. The highest BCUT2D eigenvalue weighted by molar-refractivity contribution is 14.1. The van der Waals surface area contributed by atoms with Crippen LogP contribution in [0, 0.1) is 0 Å². The van der Waals surface area contributed by atoms with E-state index in [0.717, 1.165) is 0 Å². The molecule has 1 aliphatic heterocycles. The zero-order valence-corrected chi connectivity index (χ0v) is 11.1. The van der Waals surface area contributed by atoms with Gasteiger partial charge in [0.05, 0.1) is 5.37 Å². The Morgan fingerprint density at radius 2 is 2.38 bits per heavy atom. The van der Waals surface area contributed by atoms with Crippen molar-refractivity contribution in [3.63, 3.8) is 0 Å². The Morgan fingerprint density at radius 3 is 3.00 bits per heavy atom. The van der Waals surface area contributed by atoms with Crippen molar-refractivity contribution < 1.29 is 0 Å². The topological polar surface area (TPSA) is 12.0 Å². The van der Waals surface area contributed by atoms with Gasteiger partial charge in [-0.25, -0.2) is 0 Å². The SMILES string of the molecule is CCC1NC2CC=CC=C2S1.CI. The molecule has 0 saturated carbocycles. The third-order valence-electron chi connectivity index (χ3n) is 2.15. The molecule has 0 aromatic rings. The fourth-order valence-electron chi connectivity index (χ4n) is 1.51. The number of alkyl halides is 1. The molecular formula is C10H16INS. The number of nitrogens with one attached hydrogen (secondary N) is 1. The average molecular weight is 309 g/mol. The molecule has 1 aliphatic carbocycles. The number of allylic oxidation sites excluding steroid dienone is 2. The third-order valence-corrected chi connectivity index (χ3v) is 3.59. The zero-order valence-electron chi connectivity index (χ0n) is 8.09. The van der Waals surface area contributed by atoms with Gasteiger partial charge in [0.2, 0.25) is 0 Å². The predicted octanol–water partition coefficient (Wildman–Crippen LogP) is 3.32. The Hall–Kier alpha value is 0.520. The highest BCUT2D eigenvalue weighted by Crippen LogP contribution is 2.35. The molecule has 1 heterocycles. The zero-order chi connectivity index (χ0) is 9.68. The molecule has 2 unspecified atom stereocenters. The molecule has 74 valence electrons. The number of hydrogen-bond donors (Lipinski definition) is 1. The Morgan fingerprint density at radius 1 is 1.62 bits per heavy atom. The molecule has 2 atom stereocenters. The van der Waals surface area contributed by atoms with Gasteiger partial charge < -0.3 is 0 Å². The summed E-state index contributed by atoms with van der Waals surface area (Å²) in [5.74, 6) is 0. The van der Waals surface area contributed by atoms with Crippen LogP contribution in [0.5, 0.6) is 0 Å². The second-order valence-corrected chi connectivity index (χ2v) is 4.24. The Bertz CT molecular complexity index is 213. The van der Waals surface area contributed by atoms with Gasteiger partial charge in [-0.05, 0) is 17.8 Å². The van der Waals surface area contributed by atoms with Gasteiger partial charge in [0.15, 0.2) is 0 Å². The van der Waals surface area contributed by atoms with Crippen LogP contribution in [-0.4, -0.2) is 16.3 Å². The quantitative estimate of drug-likeness (QED) is 0.589. The van der Waals surface area contributed by atoms with Crippen LogP contribution in [0.2, 0.25) is 0 Å². The normalized spacial score (nSPS) is 30.2. The second-order valence-electron chi connectivity index (χ2n) is 2.97. The molecule has 1 saturated heterocycles. The van der Waals surface area contributed by atoms with Crippen molar-refractivity contribution in [3.8, 4) is 0 Å². The maximum atomic E-state index is 3.59. The Kier molecular flexibility index (Phi) is 5.43. The predicted molar refractivity (Wildman–Crippen MR) is 70.4 cm³/mol. The standard InChI is InChI=1S/C9H13NS.CH3I/c1-2-9-10-7-5-3-4-6-8(7)11-9;1-2/h3-4,6-7,9-10H,2,5H2,1H3;1H3. The lowest BCUT2D eigenvalue weighted by molar-refractivity contribution is 0.578. The van der Waals surface area contributed by atoms with Crippen molar-refractivity contribution in [1.82, 2.24) is 5.32 Å².